The molecule has 0 saturated heterocycles. The zero-order valence-electron chi connectivity index (χ0n) is 16.2. The van der Waals surface area contributed by atoms with Gasteiger partial charge in [-0.3, -0.25) is 9.36 Å². The first-order valence-electron chi connectivity index (χ1n) is 8.93. The SMILES string of the molecule is COC(=O)NC(C(=O)n1cc(O)cc1C(O)COCc1ccccc1)C(C)C. The lowest BCUT2D eigenvalue weighted by Crippen LogP contribution is -2.46. The Hall–Kier alpha value is -2.84. The number of nitrogens with zero attached hydrogens (tertiary/aromatic N) is 1. The van der Waals surface area contributed by atoms with Crippen molar-refractivity contribution in [1.29, 1.82) is 0 Å². The predicted molar refractivity (Wildman–Crippen MR) is 102 cm³/mol. The number of hydrogen-bond acceptors (Lipinski definition) is 6. The topological polar surface area (TPSA) is 110 Å². The predicted octanol–water partition coefficient (Wildman–Crippen LogP) is 2.46. The number of carbonyl (C=O) groups excluding carboxylic acids is 2. The van der Waals surface area contributed by atoms with Crippen molar-refractivity contribution >= 4 is 12.0 Å². The van der Waals surface area contributed by atoms with E-state index in [1.165, 1.54) is 19.4 Å². The Morgan fingerprint density at radius 3 is 2.50 bits per heavy atom. The molecular weight excluding hydrogens is 364 g/mol. The quantitative estimate of drug-likeness (QED) is 0.639. The maximum absolute atomic E-state index is 12.9. The highest BCUT2D eigenvalue weighted by atomic mass is 16.5. The number of aromatic nitrogens is 1. The van der Waals surface area contributed by atoms with E-state index in [4.69, 9.17) is 4.74 Å². The summed E-state index contributed by atoms with van der Waals surface area (Å²) in [5, 5.41) is 22.8. The van der Waals surface area contributed by atoms with Crippen LogP contribution >= 0.6 is 0 Å². The number of rotatable bonds is 8. The van der Waals surface area contributed by atoms with E-state index in [1.807, 2.05) is 30.3 Å². The van der Waals surface area contributed by atoms with E-state index in [0.29, 0.717) is 6.61 Å². The molecule has 8 heteroatoms. The minimum absolute atomic E-state index is 0.0671. The molecule has 0 bridgehead atoms. The van der Waals surface area contributed by atoms with Crippen molar-refractivity contribution in [2.24, 2.45) is 5.92 Å². The summed E-state index contributed by atoms with van der Waals surface area (Å²) in [6.45, 7) is 3.77. The van der Waals surface area contributed by atoms with Gasteiger partial charge in [-0.05, 0) is 11.5 Å². The van der Waals surface area contributed by atoms with Gasteiger partial charge in [0.05, 0.1) is 32.2 Å². The summed E-state index contributed by atoms with van der Waals surface area (Å²) < 4.78 is 11.2. The number of aliphatic hydroxyl groups is 1. The first kappa shape index (κ1) is 21.5. The molecule has 1 heterocycles. The minimum Gasteiger partial charge on any atom is -0.506 e. The number of amides is 1. The van der Waals surface area contributed by atoms with Gasteiger partial charge in [0.1, 0.15) is 17.9 Å². The molecule has 1 aromatic carbocycles. The number of benzene rings is 1. The average Bonchev–Trinajstić information content (AvgIpc) is 3.07. The second-order valence-corrected chi connectivity index (χ2v) is 6.71. The van der Waals surface area contributed by atoms with Crippen molar-refractivity contribution in [3.8, 4) is 5.75 Å². The zero-order chi connectivity index (χ0) is 20.7. The van der Waals surface area contributed by atoms with Crippen molar-refractivity contribution in [2.75, 3.05) is 13.7 Å². The monoisotopic (exact) mass is 390 g/mol. The second-order valence-electron chi connectivity index (χ2n) is 6.71. The van der Waals surface area contributed by atoms with Crippen molar-refractivity contribution < 1.29 is 29.3 Å². The third kappa shape index (κ3) is 5.58. The summed E-state index contributed by atoms with van der Waals surface area (Å²) in [5.74, 6) is -0.917. The standard InChI is InChI=1S/C20H26N2O6/c1-13(2)18(21-20(26)27-3)19(25)22-10-15(23)9-16(22)17(24)12-28-11-14-7-5-4-6-8-14/h4-10,13,17-18,23-24H,11-12H2,1-3H3,(H,21,26). The Morgan fingerprint density at radius 1 is 1.21 bits per heavy atom. The van der Waals surface area contributed by atoms with Crippen LogP contribution in [-0.4, -0.2) is 46.5 Å². The van der Waals surface area contributed by atoms with E-state index in [1.54, 1.807) is 13.8 Å². The van der Waals surface area contributed by atoms with Crippen LogP contribution in [0.15, 0.2) is 42.6 Å². The Kier molecular flexibility index (Phi) is 7.60. The molecule has 152 valence electrons. The van der Waals surface area contributed by atoms with Gasteiger partial charge in [0.25, 0.3) is 5.91 Å². The lowest BCUT2D eigenvalue weighted by atomic mass is 10.0. The number of aliphatic hydroxyl groups excluding tert-OH is 1. The molecule has 28 heavy (non-hydrogen) atoms. The van der Waals surface area contributed by atoms with Gasteiger partial charge < -0.3 is 25.0 Å². The molecule has 0 aliphatic rings. The van der Waals surface area contributed by atoms with Gasteiger partial charge in [0.2, 0.25) is 0 Å². The lowest BCUT2D eigenvalue weighted by Gasteiger charge is -2.22. The van der Waals surface area contributed by atoms with Gasteiger partial charge in [0.15, 0.2) is 0 Å². The van der Waals surface area contributed by atoms with Crippen molar-refractivity contribution in [2.45, 2.75) is 32.6 Å². The van der Waals surface area contributed by atoms with Crippen LogP contribution in [-0.2, 0) is 16.1 Å². The molecule has 0 saturated carbocycles. The Morgan fingerprint density at radius 2 is 1.89 bits per heavy atom. The molecule has 1 aromatic heterocycles. The Labute approximate surface area is 163 Å². The van der Waals surface area contributed by atoms with Crippen LogP contribution in [0.5, 0.6) is 5.75 Å². The highest BCUT2D eigenvalue weighted by Crippen LogP contribution is 2.23. The van der Waals surface area contributed by atoms with Crippen LogP contribution in [0.4, 0.5) is 4.79 Å². The maximum Gasteiger partial charge on any atom is 0.407 e. The van der Waals surface area contributed by atoms with E-state index < -0.39 is 24.1 Å². The summed E-state index contributed by atoms with van der Waals surface area (Å²) in [5.41, 5.74) is 1.12. The van der Waals surface area contributed by atoms with Gasteiger partial charge in [-0.15, -0.1) is 0 Å². The first-order chi connectivity index (χ1) is 13.3. The van der Waals surface area contributed by atoms with Crippen LogP contribution in [0.25, 0.3) is 0 Å². The van der Waals surface area contributed by atoms with Crippen LogP contribution in [0.1, 0.15) is 36.0 Å². The summed E-state index contributed by atoms with van der Waals surface area (Å²) in [6, 6.07) is 9.87. The van der Waals surface area contributed by atoms with Gasteiger partial charge in [-0.25, -0.2) is 4.79 Å². The molecule has 0 aliphatic carbocycles. The summed E-state index contributed by atoms with van der Waals surface area (Å²) in [4.78, 5) is 24.5. The van der Waals surface area contributed by atoms with Gasteiger partial charge in [0, 0.05) is 6.07 Å². The smallest absolute Gasteiger partial charge is 0.407 e. The minimum atomic E-state index is -1.14. The zero-order valence-corrected chi connectivity index (χ0v) is 16.2. The normalized spacial score (nSPS) is 13.2. The molecule has 0 aliphatic heterocycles. The highest BCUT2D eigenvalue weighted by Gasteiger charge is 2.29. The largest absolute Gasteiger partial charge is 0.506 e. The molecule has 3 N–H and O–H groups in total. The molecule has 2 unspecified atom stereocenters. The van der Waals surface area contributed by atoms with Gasteiger partial charge in [-0.2, -0.15) is 0 Å². The number of hydrogen-bond donors (Lipinski definition) is 3. The average molecular weight is 390 g/mol. The molecule has 2 aromatic rings. The van der Waals surface area contributed by atoms with Crippen molar-refractivity contribution in [3.05, 3.63) is 53.9 Å². The van der Waals surface area contributed by atoms with Crippen LogP contribution in [0.3, 0.4) is 0 Å². The van der Waals surface area contributed by atoms with E-state index in [-0.39, 0.29) is 24.0 Å². The number of alkyl carbamates (subject to hydrolysis) is 1. The number of ether oxygens (including phenoxy) is 2. The lowest BCUT2D eigenvalue weighted by molar-refractivity contribution is 0.0236. The fourth-order valence-corrected chi connectivity index (χ4v) is 2.71. The van der Waals surface area contributed by atoms with Gasteiger partial charge >= 0.3 is 6.09 Å². The molecule has 2 rings (SSSR count). The Balaban J connectivity index is 2.11. The molecule has 2 atom stereocenters. The maximum atomic E-state index is 12.9. The molecular formula is C20H26N2O6. The summed E-state index contributed by atoms with van der Waals surface area (Å²) in [6.07, 6.45) is -0.678. The highest BCUT2D eigenvalue weighted by molar-refractivity contribution is 5.88. The number of nitrogens with one attached hydrogen (secondary N) is 1. The molecule has 0 fully saturated rings. The van der Waals surface area contributed by atoms with E-state index in [9.17, 15) is 19.8 Å². The van der Waals surface area contributed by atoms with Crippen molar-refractivity contribution in [1.82, 2.24) is 9.88 Å². The molecule has 1 amide bonds. The summed E-state index contributed by atoms with van der Waals surface area (Å²) >= 11 is 0. The Bertz CT molecular complexity index is 787. The number of aromatic hydroxyl groups is 1. The van der Waals surface area contributed by atoms with E-state index in [0.717, 1.165) is 10.1 Å². The van der Waals surface area contributed by atoms with Crippen molar-refractivity contribution in [3.63, 3.8) is 0 Å². The van der Waals surface area contributed by atoms with Gasteiger partial charge in [-0.1, -0.05) is 44.2 Å². The molecule has 0 radical (unpaired) electrons. The third-order valence-electron chi connectivity index (χ3n) is 4.19. The first-order valence-corrected chi connectivity index (χ1v) is 8.93. The fourth-order valence-electron chi connectivity index (χ4n) is 2.71. The van der Waals surface area contributed by atoms with Crippen LogP contribution in [0.2, 0.25) is 0 Å². The van der Waals surface area contributed by atoms with E-state index in [2.05, 4.69) is 10.1 Å². The second kappa shape index (κ2) is 9.91. The van der Waals surface area contributed by atoms with E-state index >= 15 is 0 Å². The molecule has 0 spiro atoms. The number of carbonyl (C=O) groups is 2. The fraction of sp³-hybridized carbons (Fsp3) is 0.400. The number of methoxy groups -OCH3 is 1. The third-order valence-corrected chi connectivity index (χ3v) is 4.19. The van der Waals surface area contributed by atoms with Crippen LogP contribution < -0.4 is 5.32 Å². The van der Waals surface area contributed by atoms with Crippen LogP contribution in [0, 0.1) is 5.92 Å². The summed E-state index contributed by atoms with van der Waals surface area (Å²) in [7, 11) is 1.21. The molecule has 8 nitrogen and oxygen atoms in total.